The molecule has 0 fully saturated rings. The largest absolute Gasteiger partial charge is 0.467 e. The highest BCUT2D eigenvalue weighted by Crippen LogP contribution is 2.17. The van der Waals surface area contributed by atoms with Gasteiger partial charge in [0.25, 0.3) is 0 Å². The Kier molecular flexibility index (Phi) is 4.22. The summed E-state index contributed by atoms with van der Waals surface area (Å²) in [5.41, 5.74) is 0.727. The fourth-order valence-electron chi connectivity index (χ4n) is 1.50. The molecule has 1 unspecified atom stereocenters. The number of hydrogen-bond acceptors (Lipinski definition) is 5. The molecule has 18 heavy (non-hydrogen) atoms. The Morgan fingerprint density at radius 2 is 2.17 bits per heavy atom. The monoisotopic (exact) mass is 266 g/mol. The molecule has 0 saturated carbocycles. The minimum Gasteiger partial charge on any atom is -0.467 e. The molecule has 5 nitrogen and oxygen atoms in total. The van der Waals surface area contributed by atoms with Gasteiger partial charge in [0.05, 0.1) is 35.8 Å². The summed E-state index contributed by atoms with van der Waals surface area (Å²) >= 11 is 0. The van der Waals surface area contributed by atoms with Gasteiger partial charge in [-0.15, -0.1) is 0 Å². The van der Waals surface area contributed by atoms with E-state index in [-0.39, 0.29) is 0 Å². The Morgan fingerprint density at radius 1 is 1.33 bits per heavy atom. The van der Waals surface area contributed by atoms with Crippen LogP contribution in [0, 0.1) is 0 Å². The third kappa shape index (κ3) is 2.83. The molecule has 96 valence electrons. The highest BCUT2D eigenvalue weighted by molar-refractivity contribution is 7.85. The number of methoxy groups -OCH3 is 2. The molecule has 6 heteroatoms. The molecular formula is C12H14N2O3S. The number of rotatable bonds is 5. The van der Waals surface area contributed by atoms with Crippen molar-refractivity contribution < 1.29 is 13.7 Å². The molecule has 1 heterocycles. The molecule has 0 spiro atoms. The number of benzene rings is 1. The summed E-state index contributed by atoms with van der Waals surface area (Å²) in [6.07, 6.45) is 1.68. The van der Waals surface area contributed by atoms with Crippen molar-refractivity contribution in [3.05, 3.63) is 24.4 Å². The predicted molar refractivity (Wildman–Crippen MR) is 69.2 cm³/mol. The van der Waals surface area contributed by atoms with E-state index < -0.39 is 10.8 Å². The van der Waals surface area contributed by atoms with Crippen molar-refractivity contribution in [1.82, 2.24) is 9.97 Å². The minimum absolute atomic E-state index is 0.308. The van der Waals surface area contributed by atoms with Crippen LogP contribution in [0.5, 0.6) is 6.01 Å². The molecule has 0 aliphatic carbocycles. The first kappa shape index (κ1) is 12.9. The van der Waals surface area contributed by atoms with Crippen LogP contribution >= 0.6 is 0 Å². The van der Waals surface area contributed by atoms with E-state index in [1.165, 1.54) is 7.11 Å². The molecule has 0 saturated heterocycles. The molecule has 0 aliphatic heterocycles. The van der Waals surface area contributed by atoms with Crippen LogP contribution in [-0.4, -0.2) is 40.8 Å². The van der Waals surface area contributed by atoms with Gasteiger partial charge < -0.3 is 9.47 Å². The van der Waals surface area contributed by atoms with Gasteiger partial charge in [0.15, 0.2) is 0 Å². The van der Waals surface area contributed by atoms with E-state index in [1.54, 1.807) is 19.4 Å². The lowest BCUT2D eigenvalue weighted by atomic mass is 10.2. The van der Waals surface area contributed by atoms with Crippen LogP contribution in [-0.2, 0) is 15.5 Å². The lowest BCUT2D eigenvalue weighted by molar-refractivity contribution is 0.218. The predicted octanol–water partition coefficient (Wildman–Crippen LogP) is 1.39. The van der Waals surface area contributed by atoms with Gasteiger partial charge in [-0.05, 0) is 12.1 Å². The zero-order valence-electron chi connectivity index (χ0n) is 10.3. The summed E-state index contributed by atoms with van der Waals surface area (Å²) in [7, 11) is 2.03. The molecule has 1 aromatic heterocycles. The second-order valence-corrected chi connectivity index (χ2v) is 5.19. The average molecular weight is 266 g/mol. The van der Waals surface area contributed by atoms with Crippen molar-refractivity contribution in [2.24, 2.45) is 0 Å². The Morgan fingerprint density at radius 3 is 2.89 bits per heavy atom. The summed E-state index contributed by atoms with van der Waals surface area (Å²) in [4.78, 5) is 8.97. The quantitative estimate of drug-likeness (QED) is 0.818. The summed E-state index contributed by atoms with van der Waals surface area (Å²) in [5, 5.41) is 0.892. The van der Waals surface area contributed by atoms with Gasteiger partial charge in [-0.2, -0.15) is 4.98 Å². The topological polar surface area (TPSA) is 61.3 Å². The van der Waals surface area contributed by atoms with Gasteiger partial charge in [0, 0.05) is 23.6 Å². The molecule has 1 aromatic carbocycles. The maximum absolute atomic E-state index is 12.0. The normalized spacial score (nSPS) is 12.6. The van der Waals surface area contributed by atoms with Gasteiger partial charge in [0.2, 0.25) is 0 Å². The van der Waals surface area contributed by atoms with Crippen LogP contribution < -0.4 is 4.74 Å². The van der Waals surface area contributed by atoms with Crippen molar-refractivity contribution in [1.29, 1.82) is 0 Å². The van der Waals surface area contributed by atoms with Crippen LogP contribution in [0.4, 0.5) is 0 Å². The molecule has 0 bridgehead atoms. The smallest absolute Gasteiger partial charge is 0.316 e. The second kappa shape index (κ2) is 5.88. The van der Waals surface area contributed by atoms with Crippen molar-refractivity contribution in [3.63, 3.8) is 0 Å². The summed E-state index contributed by atoms with van der Waals surface area (Å²) < 4.78 is 21.8. The van der Waals surface area contributed by atoms with Crippen LogP contribution in [0.3, 0.4) is 0 Å². The maximum atomic E-state index is 12.0. The molecule has 0 N–H and O–H groups in total. The number of aromatic nitrogens is 2. The Labute approximate surface area is 108 Å². The maximum Gasteiger partial charge on any atom is 0.316 e. The fourth-order valence-corrected chi connectivity index (χ4v) is 2.52. The van der Waals surface area contributed by atoms with Crippen LogP contribution in [0.15, 0.2) is 29.3 Å². The van der Waals surface area contributed by atoms with Crippen LogP contribution in [0.25, 0.3) is 10.9 Å². The van der Waals surface area contributed by atoms with Crippen molar-refractivity contribution in [3.8, 4) is 6.01 Å². The van der Waals surface area contributed by atoms with Crippen molar-refractivity contribution >= 4 is 21.7 Å². The SMILES string of the molecule is COCCS(=O)c1ccc2cnc(OC)nc2c1. The van der Waals surface area contributed by atoms with Crippen LogP contribution in [0.2, 0.25) is 0 Å². The number of hydrogen-bond donors (Lipinski definition) is 0. The lowest BCUT2D eigenvalue weighted by Crippen LogP contribution is -2.04. The zero-order chi connectivity index (χ0) is 13.0. The van der Waals surface area contributed by atoms with E-state index in [1.807, 2.05) is 12.1 Å². The van der Waals surface area contributed by atoms with Gasteiger partial charge in [0.1, 0.15) is 0 Å². The Hall–Kier alpha value is -1.53. The van der Waals surface area contributed by atoms with Gasteiger partial charge in [-0.3, -0.25) is 4.21 Å². The number of ether oxygens (including phenoxy) is 2. The third-order valence-corrected chi connectivity index (χ3v) is 3.77. The van der Waals surface area contributed by atoms with Gasteiger partial charge in [-0.1, -0.05) is 6.07 Å². The first-order chi connectivity index (χ1) is 8.74. The third-order valence-electron chi connectivity index (χ3n) is 2.45. The summed E-state index contributed by atoms with van der Waals surface area (Å²) in [6, 6.07) is 5.78. The zero-order valence-corrected chi connectivity index (χ0v) is 11.1. The highest BCUT2D eigenvalue weighted by Gasteiger charge is 2.06. The molecule has 2 aromatic rings. The van der Waals surface area contributed by atoms with Crippen molar-refractivity contribution in [2.45, 2.75) is 4.90 Å². The molecule has 0 aliphatic rings. The van der Waals surface area contributed by atoms with Gasteiger partial charge >= 0.3 is 6.01 Å². The average Bonchev–Trinajstić information content (AvgIpc) is 2.43. The van der Waals surface area contributed by atoms with E-state index in [2.05, 4.69) is 9.97 Å². The van der Waals surface area contributed by atoms with E-state index in [0.29, 0.717) is 18.4 Å². The first-order valence-corrected chi connectivity index (χ1v) is 6.74. The Bertz CT molecular complexity index is 574. The summed E-state index contributed by atoms with van der Waals surface area (Å²) in [5.74, 6) is 0.476. The standard InChI is InChI=1S/C12H14N2O3S/c1-16-5-6-18(15)10-4-3-9-8-13-12(17-2)14-11(9)7-10/h3-4,7-8H,5-6H2,1-2H3. The molecule has 0 radical (unpaired) electrons. The van der Waals surface area contributed by atoms with Crippen LogP contribution in [0.1, 0.15) is 0 Å². The Balaban J connectivity index is 2.33. The molecule has 0 amide bonds. The first-order valence-electron chi connectivity index (χ1n) is 5.42. The van der Waals surface area contributed by atoms with E-state index in [4.69, 9.17) is 9.47 Å². The molecule has 1 atom stereocenters. The molecule has 2 rings (SSSR count). The number of nitrogens with zero attached hydrogens (tertiary/aromatic N) is 2. The summed E-state index contributed by atoms with van der Waals surface area (Å²) in [6.45, 7) is 0.470. The van der Waals surface area contributed by atoms with E-state index in [9.17, 15) is 4.21 Å². The highest BCUT2D eigenvalue weighted by atomic mass is 32.2. The second-order valence-electron chi connectivity index (χ2n) is 3.62. The van der Waals surface area contributed by atoms with Crippen molar-refractivity contribution in [2.75, 3.05) is 26.6 Å². The van der Waals surface area contributed by atoms with Gasteiger partial charge in [-0.25, -0.2) is 4.98 Å². The fraction of sp³-hybridized carbons (Fsp3) is 0.333. The minimum atomic E-state index is -1.07. The van der Waals surface area contributed by atoms with E-state index in [0.717, 1.165) is 15.8 Å². The number of fused-ring (bicyclic) bond motifs is 1. The lowest BCUT2D eigenvalue weighted by Gasteiger charge is -2.04. The van der Waals surface area contributed by atoms with E-state index >= 15 is 0 Å². The molecular weight excluding hydrogens is 252 g/mol.